The zero-order valence-corrected chi connectivity index (χ0v) is 16.3. The lowest BCUT2D eigenvalue weighted by atomic mass is 9.72. The maximum absolute atomic E-state index is 5.98. The van der Waals surface area contributed by atoms with Crippen molar-refractivity contribution in [2.45, 2.75) is 66.7 Å². The molecule has 0 radical (unpaired) electrons. The van der Waals surface area contributed by atoms with Gasteiger partial charge in [-0.3, -0.25) is 0 Å². The van der Waals surface area contributed by atoms with Crippen molar-refractivity contribution in [2.24, 2.45) is 5.41 Å². The fraction of sp³-hybridized carbons (Fsp3) is 0.700. The maximum Gasteiger partial charge on any atom is 0.261 e. The maximum atomic E-state index is 5.98. The van der Waals surface area contributed by atoms with E-state index in [0.29, 0.717) is 12.0 Å². The molecule has 0 aliphatic carbocycles. The SMILES string of the molecule is CCOC(Oc1ccc(C(C)(C)CC(C)(C)C)cc1)N(C)CC. The van der Waals surface area contributed by atoms with E-state index in [1.807, 2.05) is 18.9 Å². The van der Waals surface area contributed by atoms with E-state index in [2.05, 4.69) is 65.8 Å². The topological polar surface area (TPSA) is 21.7 Å². The lowest BCUT2D eigenvalue weighted by Gasteiger charge is -2.33. The van der Waals surface area contributed by atoms with Crippen molar-refractivity contribution >= 4 is 0 Å². The van der Waals surface area contributed by atoms with Crippen LogP contribution in [-0.2, 0) is 10.2 Å². The van der Waals surface area contributed by atoms with Crippen LogP contribution in [0.2, 0.25) is 0 Å². The third-order valence-electron chi connectivity index (χ3n) is 4.01. The Labute approximate surface area is 143 Å². The molecular formula is C20H35NO2. The molecule has 3 nitrogen and oxygen atoms in total. The van der Waals surface area contributed by atoms with Crippen molar-refractivity contribution in [3.63, 3.8) is 0 Å². The fourth-order valence-electron chi connectivity index (χ4n) is 3.07. The van der Waals surface area contributed by atoms with Crippen LogP contribution in [0.1, 0.15) is 60.5 Å². The van der Waals surface area contributed by atoms with E-state index in [1.165, 1.54) is 5.56 Å². The van der Waals surface area contributed by atoms with Crippen LogP contribution in [-0.4, -0.2) is 31.5 Å². The van der Waals surface area contributed by atoms with E-state index in [0.717, 1.165) is 18.7 Å². The summed E-state index contributed by atoms with van der Waals surface area (Å²) in [6.45, 7) is 17.1. The molecule has 0 aliphatic heterocycles. The van der Waals surface area contributed by atoms with Crippen LogP contribution in [0.25, 0.3) is 0 Å². The summed E-state index contributed by atoms with van der Waals surface area (Å²) in [6.07, 6.45) is 0.804. The van der Waals surface area contributed by atoms with Gasteiger partial charge >= 0.3 is 0 Å². The van der Waals surface area contributed by atoms with Crippen molar-refractivity contribution in [3.05, 3.63) is 29.8 Å². The third-order valence-corrected chi connectivity index (χ3v) is 4.01. The van der Waals surface area contributed by atoms with Crippen LogP contribution >= 0.6 is 0 Å². The van der Waals surface area contributed by atoms with Gasteiger partial charge in [-0.15, -0.1) is 0 Å². The Morgan fingerprint density at radius 3 is 2.00 bits per heavy atom. The van der Waals surface area contributed by atoms with Crippen LogP contribution < -0.4 is 4.74 Å². The Kier molecular flexibility index (Phi) is 7.09. The summed E-state index contributed by atoms with van der Waals surface area (Å²) in [5.74, 6) is 0.846. The third kappa shape index (κ3) is 6.52. The molecule has 0 saturated carbocycles. The van der Waals surface area contributed by atoms with Crippen molar-refractivity contribution in [3.8, 4) is 5.75 Å². The standard InChI is InChI=1S/C20H35NO2/c1-9-21(8)18(22-10-2)23-17-13-11-16(12-14-17)20(6,7)15-19(3,4)5/h11-14,18H,9-10,15H2,1-8H3. The van der Waals surface area contributed by atoms with Crippen LogP contribution in [0.5, 0.6) is 5.75 Å². The molecule has 0 aromatic heterocycles. The second-order valence-corrected chi connectivity index (χ2v) is 8.10. The largest absolute Gasteiger partial charge is 0.451 e. The molecule has 132 valence electrons. The molecule has 1 aromatic rings. The number of nitrogens with zero attached hydrogens (tertiary/aromatic N) is 1. The van der Waals surface area contributed by atoms with Gasteiger partial charge in [0.1, 0.15) is 5.75 Å². The minimum absolute atomic E-state index is 0.149. The Bertz CT molecular complexity index is 460. The van der Waals surface area contributed by atoms with E-state index in [9.17, 15) is 0 Å². The van der Waals surface area contributed by atoms with Gasteiger partial charge < -0.3 is 9.47 Å². The summed E-state index contributed by atoms with van der Waals surface area (Å²) in [5, 5.41) is 0. The first-order valence-corrected chi connectivity index (χ1v) is 8.68. The number of benzene rings is 1. The molecule has 0 spiro atoms. The summed E-state index contributed by atoms with van der Waals surface area (Å²) in [6, 6.07) is 8.45. The van der Waals surface area contributed by atoms with Gasteiger partial charge in [0.15, 0.2) is 0 Å². The highest BCUT2D eigenvalue weighted by Gasteiger charge is 2.27. The summed E-state index contributed by atoms with van der Waals surface area (Å²) < 4.78 is 11.6. The van der Waals surface area contributed by atoms with Gasteiger partial charge in [0, 0.05) is 13.2 Å². The Balaban J connectivity index is 2.83. The van der Waals surface area contributed by atoms with Gasteiger partial charge in [-0.1, -0.05) is 53.7 Å². The molecule has 0 N–H and O–H groups in total. The molecule has 0 bridgehead atoms. The summed E-state index contributed by atoms with van der Waals surface area (Å²) in [4.78, 5) is 2.04. The minimum atomic E-state index is -0.335. The van der Waals surface area contributed by atoms with Crippen molar-refractivity contribution < 1.29 is 9.47 Å². The first-order chi connectivity index (χ1) is 10.6. The van der Waals surface area contributed by atoms with Crippen molar-refractivity contribution in [2.75, 3.05) is 20.2 Å². The number of ether oxygens (including phenoxy) is 2. The van der Waals surface area contributed by atoms with E-state index >= 15 is 0 Å². The zero-order valence-electron chi connectivity index (χ0n) is 16.3. The summed E-state index contributed by atoms with van der Waals surface area (Å²) in [7, 11) is 2.00. The Morgan fingerprint density at radius 1 is 1.00 bits per heavy atom. The Hall–Kier alpha value is -1.06. The summed E-state index contributed by atoms with van der Waals surface area (Å²) in [5.41, 5.74) is 1.80. The fourth-order valence-corrected chi connectivity index (χ4v) is 3.07. The summed E-state index contributed by atoms with van der Waals surface area (Å²) >= 11 is 0. The van der Waals surface area contributed by atoms with Gasteiger partial charge in [-0.2, -0.15) is 0 Å². The highest BCUT2D eigenvalue weighted by atomic mass is 16.7. The highest BCUT2D eigenvalue weighted by molar-refractivity contribution is 5.31. The first kappa shape index (κ1) is 20.0. The second-order valence-electron chi connectivity index (χ2n) is 8.10. The molecule has 0 aliphatic rings. The predicted molar refractivity (Wildman–Crippen MR) is 97.9 cm³/mol. The zero-order chi connectivity index (χ0) is 17.7. The van der Waals surface area contributed by atoms with E-state index in [1.54, 1.807) is 0 Å². The van der Waals surface area contributed by atoms with Gasteiger partial charge in [0.05, 0.1) is 0 Å². The van der Waals surface area contributed by atoms with Gasteiger partial charge in [0.25, 0.3) is 6.41 Å². The monoisotopic (exact) mass is 321 g/mol. The van der Waals surface area contributed by atoms with Crippen LogP contribution in [0.4, 0.5) is 0 Å². The molecule has 0 saturated heterocycles. The average molecular weight is 322 g/mol. The van der Waals surface area contributed by atoms with Gasteiger partial charge in [-0.25, -0.2) is 4.90 Å². The molecule has 23 heavy (non-hydrogen) atoms. The lowest BCUT2D eigenvalue weighted by molar-refractivity contribution is -0.162. The minimum Gasteiger partial charge on any atom is -0.451 e. The molecule has 1 aromatic carbocycles. The quantitative estimate of drug-likeness (QED) is 0.625. The molecule has 1 atom stereocenters. The first-order valence-electron chi connectivity index (χ1n) is 8.68. The number of hydrogen-bond acceptors (Lipinski definition) is 3. The number of hydrogen-bond donors (Lipinski definition) is 0. The average Bonchev–Trinajstić information content (AvgIpc) is 2.44. The molecular weight excluding hydrogens is 286 g/mol. The predicted octanol–water partition coefficient (Wildman–Crippen LogP) is 5.05. The Morgan fingerprint density at radius 2 is 1.57 bits per heavy atom. The van der Waals surface area contributed by atoms with E-state index in [4.69, 9.17) is 9.47 Å². The van der Waals surface area contributed by atoms with Crippen molar-refractivity contribution in [1.82, 2.24) is 4.90 Å². The van der Waals surface area contributed by atoms with Gasteiger partial charge in [0.2, 0.25) is 0 Å². The molecule has 3 heteroatoms. The molecule has 0 amide bonds. The van der Waals surface area contributed by atoms with E-state index in [-0.39, 0.29) is 11.8 Å². The van der Waals surface area contributed by atoms with Crippen LogP contribution in [0, 0.1) is 5.41 Å². The molecule has 0 heterocycles. The van der Waals surface area contributed by atoms with E-state index < -0.39 is 0 Å². The second kappa shape index (κ2) is 8.16. The molecule has 1 unspecified atom stereocenters. The highest BCUT2D eigenvalue weighted by Crippen LogP contribution is 2.36. The lowest BCUT2D eigenvalue weighted by Crippen LogP contribution is -2.38. The normalized spacial score (nSPS) is 14.1. The van der Waals surface area contributed by atoms with Crippen LogP contribution in [0.15, 0.2) is 24.3 Å². The van der Waals surface area contributed by atoms with Crippen LogP contribution in [0.3, 0.4) is 0 Å². The van der Waals surface area contributed by atoms with Gasteiger partial charge in [-0.05, 0) is 48.9 Å². The van der Waals surface area contributed by atoms with Crippen molar-refractivity contribution in [1.29, 1.82) is 0 Å². The molecule has 0 fully saturated rings. The smallest absolute Gasteiger partial charge is 0.261 e. The molecule has 1 rings (SSSR count). The number of rotatable bonds is 8.